The van der Waals surface area contributed by atoms with Crippen molar-refractivity contribution in [1.82, 2.24) is 10.3 Å². The monoisotopic (exact) mass is 168 g/mol. The predicted octanol–water partition coefficient (Wildman–Crippen LogP) is 1.90. The van der Waals surface area contributed by atoms with E-state index in [0.717, 1.165) is 22.8 Å². The molecule has 0 aliphatic carbocycles. The summed E-state index contributed by atoms with van der Waals surface area (Å²) in [6.45, 7) is 6.64. The molecule has 1 aromatic rings. The maximum atomic E-state index is 4.36. The molecule has 0 aliphatic rings. The fraction of sp³-hybridized carbons (Fsp3) is 0.375. The highest BCUT2D eigenvalue weighted by molar-refractivity contribution is 7.10. The van der Waals surface area contributed by atoms with Crippen molar-refractivity contribution >= 4 is 16.9 Å². The van der Waals surface area contributed by atoms with Crippen molar-refractivity contribution in [2.45, 2.75) is 13.5 Å². The van der Waals surface area contributed by atoms with Crippen molar-refractivity contribution in [2.75, 3.05) is 7.05 Å². The molecule has 1 rings (SSSR count). The van der Waals surface area contributed by atoms with Crippen LogP contribution in [0.1, 0.15) is 17.6 Å². The highest BCUT2D eigenvalue weighted by Gasteiger charge is 1.99. The first-order valence-electron chi connectivity index (χ1n) is 3.49. The van der Waals surface area contributed by atoms with Crippen molar-refractivity contribution in [1.29, 1.82) is 0 Å². The van der Waals surface area contributed by atoms with Crippen LogP contribution in [0.5, 0.6) is 0 Å². The van der Waals surface area contributed by atoms with E-state index >= 15 is 0 Å². The molecule has 1 aromatic heterocycles. The number of aromatic nitrogens is 1. The van der Waals surface area contributed by atoms with Gasteiger partial charge in [-0.2, -0.15) is 0 Å². The molecule has 0 aromatic carbocycles. The van der Waals surface area contributed by atoms with Crippen molar-refractivity contribution in [3.8, 4) is 0 Å². The molecule has 0 bridgehead atoms. The Hall–Kier alpha value is -0.670. The zero-order chi connectivity index (χ0) is 8.27. The molecule has 0 saturated carbocycles. The normalized spacial score (nSPS) is 10.0. The first-order valence-corrected chi connectivity index (χ1v) is 4.37. The summed E-state index contributed by atoms with van der Waals surface area (Å²) in [6, 6.07) is 0. The summed E-state index contributed by atoms with van der Waals surface area (Å²) in [7, 11) is 1.92. The van der Waals surface area contributed by atoms with Gasteiger partial charge in [0.1, 0.15) is 5.01 Å². The molecule has 1 heterocycles. The van der Waals surface area contributed by atoms with E-state index in [2.05, 4.69) is 22.3 Å². The molecule has 0 aliphatic heterocycles. The third-order valence-electron chi connectivity index (χ3n) is 1.27. The van der Waals surface area contributed by atoms with Crippen LogP contribution in [-0.2, 0) is 6.54 Å². The van der Waals surface area contributed by atoms with Crippen LogP contribution in [0.2, 0.25) is 0 Å². The second-order valence-electron chi connectivity index (χ2n) is 2.45. The second kappa shape index (κ2) is 3.64. The highest BCUT2D eigenvalue weighted by atomic mass is 32.1. The highest BCUT2D eigenvalue weighted by Crippen LogP contribution is 2.16. The van der Waals surface area contributed by atoms with Gasteiger partial charge in [-0.05, 0) is 19.5 Å². The topological polar surface area (TPSA) is 24.9 Å². The Morgan fingerprint density at radius 3 is 3.00 bits per heavy atom. The van der Waals surface area contributed by atoms with Gasteiger partial charge in [0.15, 0.2) is 0 Å². The van der Waals surface area contributed by atoms with Crippen LogP contribution >= 0.6 is 11.3 Å². The van der Waals surface area contributed by atoms with Gasteiger partial charge in [0, 0.05) is 11.9 Å². The minimum absolute atomic E-state index is 0.837. The van der Waals surface area contributed by atoms with E-state index in [0.29, 0.717) is 0 Å². The lowest BCUT2D eigenvalue weighted by Gasteiger charge is -1.91. The molecule has 0 amide bonds. The lowest BCUT2D eigenvalue weighted by atomic mass is 10.4. The van der Waals surface area contributed by atoms with Gasteiger partial charge in [0.25, 0.3) is 0 Å². The van der Waals surface area contributed by atoms with E-state index in [-0.39, 0.29) is 0 Å². The molecular weight excluding hydrogens is 156 g/mol. The van der Waals surface area contributed by atoms with E-state index in [9.17, 15) is 0 Å². The Kier molecular flexibility index (Phi) is 2.79. The molecule has 60 valence electrons. The van der Waals surface area contributed by atoms with Gasteiger partial charge in [0.05, 0.1) is 5.69 Å². The number of nitrogens with one attached hydrogen (secondary N) is 1. The summed E-state index contributed by atoms with van der Waals surface area (Å²) in [4.78, 5) is 4.36. The average molecular weight is 168 g/mol. The first kappa shape index (κ1) is 8.43. The Morgan fingerprint density at radius 2 is 2.55 bits per heavy atom. The van der Waals surface area contributed by atoms with Crippen LogP contribution in [0.25, 0.3) is 5.57 Å². The fourth-order valence-electron chi connectivity index (χ4n) is 0.765. The summed E-state index contributed by atoms with van der Waals surface area (Å²) >= 11 is 1.65. The zero-order valence-electron chi connectivity index (χ0n) is 6.85. The molecular formula is C8H12N2S. The molecule has 2 nitrogen and oxygen atoms in total. The van der Waals surface area contributed by atoms with E-state index < -0.39 is 0 Å². The minimum atomic E-state index is 0.837. The quantitative estimate of drug-likeness (QED) is 0.745. The molecule has 0 radical (unpaired) electrons. The summed E-state index contributed by atoms with van der Waals surface area (Å²) in [5.41, 5.74) is 2.13. The maximum absolute atomic E-state index is 4.36. The SMILES string of the molecule is C=C(C)c1nc(CNC)cs1. The third kappa shape index (κ3) is 2.13. The molecule has 0 fully saturated rings. The van der Waals surface area contributed by atoms with Gasteiger partial charge >= 0.3 is 0 Å². The largest absolute Gasteiger partial charge is 0.314 e. The molecule has 11 heavy (non-hydrogen) atoms. The minimum Gasteiger partial charge on any atom is -0.314 e. The summed E-state index contributed by atoms with van der Waals surface area (Å²) in [5, 5.41) is 6.14. The molecule has 0 spiro atoms. The Balaban J connectivity index is 2.73. The van der Waals surface area contributed by atoms with Gasteiger partial charge in [-0.3, -0.25) is 0 Å². The zero-order valence-corrected chi connectivity index (χ0v) is 7.66. The van der Waals surface area contributed by atoms with Gasteiger partial charge in [-0.15, -0.1) is 11.3 Å². The van der Waals surface area contributed by atoms with E-state index in [1.54, 1.807) is 11.3 Å². The van der Waals surface area contributed by atoms with Crippen LogP contribution in [0.15, 0.2) is 12.0 Å². The Morgan fingerprint density at radius 1 is 1.82 bits per heavy atom. The molecule has 0 unspecified atom stereocenters. The van der Waals surface area contributed by atoms with Crippen LogP contribution in [0, 0.1) is 0 Å². The number of thiazole rings is 1. The smallest absolute Gasteiger partial charge is 0.118 e. The standard InChI is InChI=1S/C8H12N2S/c1-6(2)8-10-7(4-9-3)5-11-8/h5,9H,1,4H2,2-3H3. The van der Waals surface area contributed by atoms with Gasteiger partial charge < -0.3 is 5.32 Å². The molecule has 1 N–H and O–H groups in total. The van der Waals surface area contributed by atoms with Crippen molar-refractivity contribution in [3.63, 3.8) is 0 Å². The van der Waals surface area contributed by atoms with E-state index in [4.69, 9.17) is 0 Å². The Labute approximate surface area is 71.0 Å². The van der Waals surface area contributed by atoms with E-state index in [1.807, 2.05) is 14.0 Å². The van der Waals surface area contributed by atoms with Gasteiger partial charge in [0.2, 0.25) is 0 Å². The van der Waals surface area contributed by atoms with E-state index in [1.165, 1.54) is 0 Å². The van der Waals surface area contributed by atoms with Crippen LogP contribution in [0.3, 0.4) is 0 Å². The molecule has 3 heteroatoms. The number of nitrogens with zero attached hydrogens (tertiary/aromatic N) is 1. The average Bonchev–Trinajstić information content (AvgIpc) is 2.37. The summed E-state index contributed by atoms with van der Waals surface area (Å²) in [6.07, 6.45) is 0. The van der Waals surface area contributed by atoms with Gasteiger partial charge in [-0.25, -0.2) is 4.98 Å². The van der Waals surface area contributed by atoms with Crippen molar-refractivity contribution in [2.24, 2.45) is 0 Å². The third-order valence-corrected chi connectivity index (χ3v) is 2.33. The maximum Gasteiger partial charge on any atom is 0.118 e. The van der Waals surface area contributed by atoms with Crippen LogP contribution in [0.4, 0.5) is 0 Å². The predicted molar refractivity (Wildman–Crippen MR) is 49.6 cm³/mol. The number of hydrogen-bond donors (Lipinski definition) is 1. The first-order chi connectivity index (χ1) is 5.24. The fourth-order valence-corrected chi connectivity index (χ4v) is 1.52. The van der Waals surface area contributed by atoms with Crippen molar-refractivity contribution in [3.05, 3.63) is 22.7 Å². The number of rotatable bonds is 3. The number of hydrogen-bond acceptors (Lipinski definition) is 3. The molecule has 0 saturated heterocycles. The number of allylic oxidation sites excluding steroid dienone is 1. The summed E-state index contributed by atoms with van der Waals surface area (Å²) < 4.78 is 0. The molecule has 0 atom stereocenters. The lowest BCUT2D eigenvalue weighted by molar-refractivity contribution is 0.796. The lowest BCUT2D eigenvalue weighted by Crippen LogP contribution is -2.04. The Bertz CT molecular complexity index is 252. The summed E-state index contributed by atoms with van der Waals surface area (Å²) in [5.74, 6) is 0. The van der Waals surface area contributed by atoms with Crippen molar-refractivity contribution < 1.29 is 0 Å². The van der Waals surface area contributed by atoms with Crippen LogP contribution < -0.4 is 5.32 Å². The second-order valence-corrected chi connectivity index (χ2v) is 3.31. The van der Waals surface area contributed by atoms with Gasteiger partial charge in [-0.1, -0.05) is 6.58 Å². The van der Waals surface area contributed by atoms with Crippen LogP contribution in [-0.4, -0.2) is 12.0 Å².